The van der Waals surface area contributed by atoms with Crippen molar-refractivity contribution in [3.05, 3.63) is 39.9 Å². The molecule has 0 spiro atoms. The molecule has 0 atom stereocenters. The van der Waals surface area contributed by atoms with Crippen LogP contribution in [-0.4, -0.2) is 12.0 Å². The van der Waals surface area contributed by atoms with Crippen LogP contribution in [0.1, 0.15) is 21.6 Å². The highest BCUT2D eigenvalue weighted by atomic mass is 32.1. The minimum atomic E-state index is 0.890. The molecule has 0 saturated heterocycles. The summed E-state index contributed by atoms with van der Waals surface area (Å²) in [5.41, 5.74) is 5.24. The molecule has 1 aromatic heterocycles. The van der Waals surface area contributed by atoms with Gasteiger partial charge in [0.25, 0.3) is 0 Å². The van der Waals surface area contributed by atoms with E-state index in [2.05, 4.69) is 43.2 Å². The van der Waals surface area contributed by atoms with Gasteiger partial charge in [-0.25, -0.2) is 4.98 Å². The lowest BCUT2D eigenvalue weighted by molar-refractivity contribution is 0.829. The van der Waals surface area contributed by atoms with Crippen molar-refractivity contribution in [3.8, 4) is 10.6 Å². The molecule has 0 bridgehead atoms. The van der Waals surface area contributed by atoms with E-state index in [-0.39, 0.29) is 0 Å². The zero-order valence-corrected chi connectivity index (χ0v) is 11.6. The molecule has 0 aliphatic heterocycles. The summed E-state index contributed by atoms with van der Waals surface area (Å²) in [7, 11) is 1.96. The van der Waals surface area contributed by atoms with Crippen molar-refractivity contribution >= 4 is 11.3 Å². The summed E-state index contributed by atoms with van der Waals surface area (Å²) in [4.78, 5) is 5.81. The van der Waals surface area contributed by atoms with Crippen LogP contribution in [-0.2, 0) is 6.54 Å². The quantitative estimate of drug-likeness (QED) is 0.897. The van der Waals surface area contributed by atoms with E-state index in [1.54, 1.807) is 11.3 Å². The second kappa shape index (κ2) is 4.98. The largest absolute Gasteiger partial charge is 0.315 e. The van der Waals surface area contributed by atoms with Gasteiger partial charge in [0.15, 0.2) is 0 Å². The molecule has 1 N–H and O–H groups in total. The van der Waals surface area contributed by atoms with Crippen LogP contribution in [0.25, 0.3) is 10.6 Å². The molecular weight excluding hydrogens is 228 g/mol. The normalized spacial score (nSPS) is 10.8. The minimum Gasteiger partial charge on any atom is -0.315 e. The van der Waals surface area contributed by atoms with E-state index < -0.39 is 0 Å². The van der Waals surface area contributed by atoms with E-state index in [1.807, 2.05) is 13.2 Å². The number of nitrogens with one attached hydrogen (secondary N) is 1. The maximum absolute atomic E-state index is 4.53. The van der Waals surface area contributed by atoms with E-state index >= 15 is 0 Å². The first-order chi connectivity index (χ1) is 8.11. The van der Waals surface area contributed by atoms with Crippen LogP contribution in [0, 0.1) is 20.8 Å². The van der Waals surface area contributed by atoms with Gasteiger partial charge < -0.3 is 5.32 Å². The summed E-state index contributed by atoms with van der Waals surface area (Å²) < 4.78 is 0. The Kier molecular flexibility index (Phi) is 3.60. The standard InChI is InChI=1S/C14H18N2S/c1-9-5-10(2)13(11(3)6-9)14-16-8-12(17-14)7-15-4/h5-6,8,15H,7H2,1-4H3. The highest BCUT2D eigenvalue weighted by molar-refractivity contribution is 7.15. The predicted octanol–water partition coefficient (Wildman–Crippen LogP) is 3.45. The van der Waals surface area contributed by atoms with Gasteiger partial charge in [0.1, 0.15) is 5.01 Å². The fraction of sp³-hybridized carbons (Fsp3) is 0.357. The number of benzene rings is 1. The summed E-state index contributed by atoms with van der Waals surface area (Å²) in [6.45, 7) is 7.35. The van der Waals surface area contributed by atoms with Gasteiger partial charge in [0.2, 0.25) is 0 Å². The van der Waals surface area contributed by atoms with E-state index in [0.29, 0.717) is 0 Å². The van der Waals surface area contributed by atoms with Crippen LogP contribution >= 0.6 is 11.3 Å². The first-order valence-electron chi connectivity index (χ1n) is 5.79. The third-order valence-corrected chi connectivity index (χ3v) is 3.81. The molecule has 1 heterocycles. The topological polar surface area (TPSA) is 24.9 Å². The number of hydrogen-bond donors (Lipinski definition) is 1. The predicted molar refractivity (Wildman–Crippen MR) is 74.5 cm³/mol. The van der Waals surface area contributed by atoms with Gasteiger partial charge in [0, 0.05) is 23.2 Å². The highest BCUT2D eigenvalue weighted by Gasteiger charge is 2.10. The average Bonchev–Trinajstić information content (AvgIpc) is 2.65. The molecule has 2 nitrogen and oxygen atoms in total. The van der Waals surface area contributed by atoms with Gasteiger partial charge in [-0.2, -0.15) is 0 Å². The van der Waals surface area contributed by atoms with E-state index in [0.717, 1.165) is 11.6 Å². The van der Waals surface area contributed by atoms with Crippen molar-refractivity contribution < 1.29 is 0 Å². The Morgan fingerprint density at radius 1 is 1.18 bits per heavy atom. The van der Waals surface area contributed by atoms with Crippen molar-refractivity contribution in [2.75, 3.05) is 7.05 Å². The molecule has 0 radical (unpaired) electrons. The molecule has 2 rings (SSSR count). The van der Waals surface area contributed by atoms with Crippen molar-refractivity contribution in [1.82, 2.24) is 10.3 Å². The molecule has 1 aromatic carbocycles. The van der Waals surface area contributed by atoms with Crippen molar-refractivity contribution in [3.63, 3.8) is 0 Å². The first kappa shape index (κ1) is 12.3. The second-order valence-electron chi connectivity index (χ2n) is 4.44. The highest BCUT2D eigenvalue weighted by Crippen LogP contribution is 2.31. The number of aromatic nitrogens is 1. The lowest BCUT2D eigenvalue weighted by Crippen LogP contribution is -2.02. The van der Waals surface area contributed by atoms with Gasteiger partial charge in [-0.05, 0) is 38.9 Å². The monoisotopic (exact) mass is 246 g/mol. The zero-order chi connectivity index (χ0) is 12.4. The van der Waals surface area contributed by atoms with Crippen LogP contribution in [0.15, 0.2) is 18.3 Å². The Balaban J connectivity index is 2.45. The molecule has 0 fully saturated rings. The fourth-order valence-electron chi connectivity index (χ4n) is 2.20. The van der Waals surface area contributed by atoms with E-state index in [4.69, 9.17) is 0 Å². The van der Waals surface area contributed by atoms with E-state index in [1.165, 1.54) is 27.1 Å². The SMILES string of the molecule is CNCc1cnc(-c2c(C)cc(C)cc2C)s1. The van der Waals surface area contributed by atoms with Gasteiger partial charge in [-0.3, -0.25) is 0 Å². The lowest BCUT2D eigenvalue weighted by atomic mass is 10.0. The van der Waals surface area contributed by atoms with Gasteiger partial charge in [-0.1, -0.05) is 17.7 Å². The number of thiazole rings is 1. The van der Waals surface area contributed by atoms with Crippen LogP contribution in [0.4, 0.5) is 0 Å². The number of aryl methyl sites for hydroxylation is 3. The first-order valence-corrected chi connectivity index (χ1v) is 6.61. The minimum absolute atomic E-state index is 0.890. The Morgan fingerprint density at radius 2 is 1.82 bits per heavy atom. The molecule has 2 aromatic rings. The van der Waals surface area contributed by atoms with Crippen molar-refractivity contribution in [2.45, 2.75) is 27.3 Å². The van der Waals surface area contributed by atoms with Crippen molar-refractivity contribution in [1.29, 1.82) is 0 Å². The van der Waals surface area contributed by atoms with Gasteiger partial charge in [0.05, 0.1) is 0 Å². The summed E-state index contributed by atoms with van der Waals surface area (Å²) in [5, 5.41) is 4.29. The zero-order valence-electron chi connectivity index (χ0n) is 10.8. The Bertz CT molecular complexity index is 506. The fourth-order valence-corrected chi connectivity index (χ4v) is 3.30. The Morgan fingerprint density at radius 3 is 2.41 bits per heavy atom. The third kappa shape index (κ3) is 2.56. The molecule has 0 saturated carbocycles. The molecule has 17 heavy (non-hydrogen) atoms. The van der Waals surface area contributed by atoms with Crippen LogP contribution in [0.3, 0.4) is 0 Å². The lowest BCUT2D eigenvalue weighted by Gasteiger charge is -2.08. The summed E-state index contributed by atoms with van der Waals surface area (Å²) in [5.74, 6) is 0. The van der Waals surface area contributed by atoms with Crippen LogP contribution < -0.4 is 5.32 Å². The smallest absolute Gasteiger partial charge is 0.124 e. The average molecular weight is 246 g/mol. The summed E-state index contributed by atoms with van der Waals surface area (Å²) in [6, 6.07) is 4.45. The summed E-state index contributed by atoms with van der Waals surface area (Å²) in [6.07, 6.45) is 1.97. The maximum atomic E-state index is 4.53. The molecule has 0 amide bonds. The third-order valence-electron chi connectivity index (χ3n) is 2.80. The molecule has 3 heteroatoms. The number of hydrogen-bond acceptors (Lipinski definition) is 3. The van der Waals surface area contributed by atoms with E-state index in [9.17, 15) is 0 Å². The number of rotatable bonds is 3. The van der Waals surface area contributed by atoms with Crippen LogP contribution in [0.2, 0.25) is 0 Å². The maximum Gasteiger partial charge on any atom is 0.124 e. The molecule has 0 aliphatic rings. The Labute approximate surface area is 107 Å². The Hall–Kier alpha value is -1.19. The summed E-state index contributed by atoms with van der Waals surface area (Å²) >= 11 is 1.77. The molecule has 90 valence electrons. The number of nitrogens with zero attached hydrogens (tertiary/aromatic N) is 1. The second-order valence-corrected chi connectivity index (χ2v) is 5.55. The van der Waals surface area contributed by atoms with Crippen LogP contribution in [0.5, 0.6) is 0 Å². The van der Waals surface area contributed by atoms with Crippen molar-refractivity contribution in [2.24, 2.45) is 0 Å². The molecular formula is C14H18N2S. The molecule has 0 aliphatic carbocycles. The molecule has 0 unspecified atom stereocenters. The van der Waals surface area contributed by atoms with Gasteiger partial charge in [-0.15, -0.1) is 11.3 Å². The van der Waals surface area contributed by atoms with Gasteiger partial charge >= 0.3 is 0 Å².